The number of carboxylic acid groups (broad SMARTS) is 1. The summed E-state index contributed by atoms with van der Waals surface area (Å²) in [6.07, 6.45) is 48.3. The van der Waals surface area contributed by atoms with E-state index in [0.717, 1.165) is 73.5 Å². The number of unbranched alkanes of at least 4 members (excludes halogenated alkanes) is 4. The van der Waals surface area contributed by atoms with E-state index in [2.05, 4.69) is 89.3 Å². The highest BCUT2D eigenvalue weighted by Crippen LogP contribution is 2.67. The molecule has 3 fully saturated rings. The summed E-state index contributed by atoms with van der Waals surface area (Å²) in [5.41, 5.74) is 2.99. The molecule has 0 aliphatic heterocycles. The fraction of sp³-hybridized carbons (Fsp3) is 0.766. The van der Waals surface area contributed by atoms with Crippen LogP contribution in [0.15, 0.2) is 60.3 Å². The molecule has 4 unspecified atom stereocenters. The van der Waals surface area contributed by atoms with Crippen LogP contribution in [0.25, 0.3) is 0 Å². The molecule has 0 radical (unpaired) electrons. The minimum atomic E-state index is -0.706. The molecule has 49 heavy (non-hydrogen) atoms. The first kappa shape index (κ1) is 39.9. The van der Waals surface area contributed by atoms with Gasteiger partial charge in [0.2, 0.25) is 0 Å². The number of rotatable bonds is 21. The van der Waals surface area contributed by atoms with Crippen molar-refractivity contribution in [2.75, 3.05) is 0 Å². The lowest BCUT2D eigenvalue weighted by molar-refractivity contribution is -0.137. The Balaban J connectivity index is 1.09. The molecule has 2 nitrogen and oxygen atoms in total. The third-order valence-electron chi connectivity index (χ3n) is 14.1. The third kappa shape index (κ3) is 11.6. The molecule has 4 rings (SSSR count). The summed E-state index contributed by atoms with van der Waals surface area (Å²) in [5, 5.41) is 8.65. The normalized spacial score (nSPS) is 32.3. The lowest BCUT2D eigenvalue weighted by Crippen LogP contribution is -2.50. The summed E-state index contributed by atoms with van der Waals surface area (Å²) >= 11 is 0. The van der Waals surface area contributed by atoms with Crippen molar-refractivity contribution in [2.24, 2.45) is 52.3 Å². The maximum absolute atomic E-state index is 10.5. The molecule has 4 aliphatic rings. The quantitative estimate of drug-likeness (QED) is 0.0973. The van der Waals surface area contributed by atoms with Gasteiger partial charge in [-0.2, -0.15) is 0 Å². The first-order valence-corrected chi connectivity index (χ1v) is 21.2. The fourth-order valence-electron chi connectivity index (χ4n) is 11.3. The molecule has 0 amide bonds. The van der Waals surface area contributed by atoms with Crippen molar-refractivity contribution in [1.82, 2.24) is 0 Å². The van der Waals surface area contributed by atoms with Gasteiger partial charge < -0.3 is 5.11 Å². The van der Waals surface area contributed by atoms with Gasteiger partial charge in [0, 0.05) is 6.42 Å². The van der Waals surface area contributed by atoms with E-state index in [4.69, 9.17) is 5.11 Å². The van der Waals surface area contributed by atoms with Gasteiger partial charge in [-0.05, 0) is 149 Å². The van der Waals surface area contributed by atoms with E-state index in [-0.39, 0.29) is 6.42 Å². The Labute approximate surface area is 303 Å². The molecular formula is C47H76O2. The summed E-state index contributed by atoms with van der Waals surface area (Å²) in [6.45, 7) is 12.9. The molecule has 276 valence electrons. The standard InChI is InChI=1S/C47H76O2/c1-37(2)24-23-25-38(3)42-30-31-43-41-29-28-40-36-39(32-34-46(40,4)44(41)33-35-47(42,43)5)26-21-19-17-15-13-11-9-7-6-8-10-12-14-16-18-20-22-27-45(48)49/h6-7,10-13,16,18,28,37-39,41-44H,8-9,14-15,17,19-27,29-36H2,1-5H3,(H,48,49)/t38-,39?,41?,42-,43?,44?,46+,47-/m1/s1. The molecule has 0 spiro atoms. The van der Waals surface area contributed by atoms with E-state index < -0.39 is 5.97 Å². The number of fused-ring (bicyclic) bond motifs is 5. The summed E-state index contributed by atoms with van der Waals surface area (Å²) in [6, 6.07) is 0. The highest BCUT2D eigenvalue weighted by Gasteiger charge is 2.59. The van der Waals surface area contributed by atoms with Crippen molar-refractivity contribution in [1.29, 1.82) is 0 Å². The molecular weight excluding hydrogens is 597 g/mol. The van der Waals surface area contributed by atoms with Gasteiger partial charge in [-0.15, -0.1) is 0 Å². The SMILES string of the molecule is CC(C)CCC[C@@H](C)[C@H]1CCC2C3CC=C4CC(CCCCCC=CCC=CCC=CCC=CCCCC(=O)O)CC[C@]4(C)C3CC[C@@]21C. The second-order valence-electron chi connectivity index (χ2n) is 17.9. The van der Waals surface area contributed by atoms with Crippen LogP contribution >= 0.6 is 0 Å². The Morgan fingerprint density at radius 2 is 1.45 bits per heavy atom. The van der Waals surface area contributed by atoms with Crippen LogP contribution in [0.5, 0.6) is 0 Å². The molecule has 0 aromatic rings. The molecule has 0 aromatic carbocycles. The van der Waals surface area contributed by atoms with Crippen molar-refractivity contribution in [3.8, 4) is 0 Å². The zero-order valence-corrected chi connectivity index (χ0v) is 32.6. The van der Waals surface area contributed by atoms with Crippen molar-refractivity contribution in [3.63, 3.8) is 0 Å². The number of aliphatic carboxylic acids is 1. The van der Waals surface area contributed by atoms with Crippen molar-refractivity contribution < 1.29 is 9.90 Å². The Bertz CT molecular complexity index is 1140. The summed E-state index contributed by atoms with van der Waals surface area (Å²) < 4.78 is 0. The van der Waals surface area contributed by atoms with Gasteiger partial charge in [-0.1, -0.05) is 133 Å². The van der Waals surface area contributed by atoms with Crippen LogP contribution in [-0.4, -0.2) is 11.1 Å². The third-order valence-corrected chi connectivity index (χ3v) is 14.1. The predicted molar refractivity (Wildman–Crippen MR) is 212 cm³/mol. The summed E-state index contributed by atoms with van der Waals surface area (Å²) in [7, 11) is 0. The number of carboxylic acids is 1. The predicted octanol–water partition coefficient (Wildman–Crippen LogP) is 14.2. The Kier molecular flexibility index (Phi) is 16.5. The summed E-state index contributed by atoms with van der Waals surface area (Å²) in [5.74, 6) is 5.85. The first-order chi connectivity index (χ1) is 23.6. The molecule has 0 saturated heterocycles. The Hall–Kier alpha value is -1.83. The van der Waals surface area contributed by atoms with E-state index in [1.165, 1.54) is 103 Å². The van der Waals surface area contributed by atoms with Crippen LogP contribution in [-0.2, 0) is 4.79 Å². The average Bonchev–Trinajstić information content (AvgIpc) is 3.43. The Morgan fingerprint density at radius 3 is 2.12 bits per heavy atom. The molecule has 3 saturated carbocycles. The number of hydrogen-bond acceptors (Lipinski definition) is 1. The van der Waals surface area contributed by atoms with E-state index in [1.54, 1.807) is 0 Å². The molecule has 4 aliphatic carbocycles. The van der Waals surface area contributed by atoms with Crippen LogP contribution in [0.2, 0.25) is 0 Å². The van der Waals surface area contributed by atoms with Crippen LogP contribution in [0.4, 0.5) is 0 Å². The maximum Gasteiger partial charge on any atom is 0.303 e. The smallest absolute Gasteiger partial charge is 0.303 e. The van der Waals surface area contributed by atoms with E-state index >= 15 is 0 Å². The number of allylic oxidation sites excluding steroid dienone is 10. The highest BCUT2D eigenvalue weighted by molar-refractivity contribution is 5.66. The van der Waals surface area contributed by atoms with Gasteiger partial charge in [0.05, 0.1) is 0 Å². The van der Waals surface area contributed by atoms with Crippen molar-refractivity contribution in [2.45, 2.75) is 176 Å². The van der Waals surface area contributed by atoms with Gasteiger partial charge in [-0.3, -0.25) is 4.79 Å². The van der Waals surface area contributed by atoms with Gasteiger partial charge in [-0.25, -0.2) is 0 Å². The van der Waals surface area contributed by atoms with E-state index in [9.17, 15) is 4.79 Å². The molecule has 8 atom stereocenters. The average molecular weight is 673 g/mol. The molecule has 1 N–H and O–H groups in total. The minimum absolute atomic E-state index is 0.262. The highest BCUT2D eigenvalue weighted by atomic mass is 16.4. The fourth-order valence-corrected chi connectivity index (χ4v) is 11.3. The molecule has 0 heterocycles. The van der Waals surface area contributed by atoms with Crippen LogP contribution in [0, 0.1) is 52.3 Å². The summed E-state index contributed by atoms with van der Waals surface area (Å²) in [4.78, 5) is 10.5. The van der Waals surface area contributed by atoms with Crippen LogP contribution in [0.1, 0.15) is 176 Å². The minimum Gasteiger partial charge on any atom is -0.481 e. The van der Waals surface area contributed by atoms with Crippen molar-refractivity contribution in [3.05, 3.63) is 60.3 Å². The zero-order chi connectivity index (χ0) is 35.1. The first-order valence-electron chi connectivity index (χ1n) is 21.2. The lowest BCUT2D eigenvalue weighted by Gasteiger charge is -2.58. The molecule has 0 bridgehead atoms. The van der Waals surface area contributed by atoms with Gasteiger partial charge in [0.15, 0.2) is 0 Å². The monoisotopic (exact) mass is 673 g/mol. The van der Waals surface area contributed by atoms with Crippen LogP contribution < -0.4 is 0 Å². The number of hydrogen-bond donors (Lipinski definition) is 1. The van der Waals surface area contributed by atoms with E-state index in [1.807, 2.05) is 5.57 Å². The molecule has 0 aromatic heterocycles. The lowest BCUT2D eigenvalue weighted by atomic mass is 9.46. The Morgan fingerprint density at radius 1 is 0.776 bits per heavy atom. The largest absolute Gasteiger partial charge is 0.481 e. The molecule has 2 heteroatoms. The van der Waals surface area contributed by atoms with Crippen LogP contribution in [0.3, 0.4) is 0 Å². The number of carbonyl (C=O) groups is 1. The second-order valence-corrected chi connectivity index (χ2v) is 17.9. The van der Waals surface area contributed by atoms with Gasteiger partial charge in [0.25, 0.3) is 0 Å². The van der Waals surface area contributed by atoms with Crippen molar-refractivity contribution >= 4 is 5.97 Å². The van der Waals surface area contributed by atoms with E-state index in [0.29, 0.717) is 10.8 Å². The second kappa shape index (κ2) is 20.3. The van der Waals surface area contributed by atoms with Gasteiger partial charge >= 0.3 is 5.97 Å². The topological polar surface area (TPSA) is 37.3 Å². The maximum atomic E-state index is 10.5. The zero-order valence-electron chi connectivity index (χ0n) is 32.6. The van der Waals surface area contributed by atoms with Gasteiger partial charge in [0.1, 0.15) is 0 Å².